The van der Waals surface area contributed by atoms with Gasteiger partial charge < -0.3 is 15.4 Å². The van der Waals surface area contributed by atoms with E-state index in [0.717, 1.165) is 23.3 Å². The summed E-state index contributed by atoms with van der Waals surface area (Å²) in [6.45, 7) is 2.07. The molecular weight excluding hydrogens is 216 g/mol. The first-order chi connectivity index (χ1) is 8.17. The lowest BCUT2D eigenvalue weighted by Crippen LogP contribution is -2.33. The van der Waals surface area contributed by atoms with Crippen LogP contribution in [-0.4, -0.2) is 27.1 Å². The van der Waals surface area contributed by atoms with Crippen molar-refractivity contribution in [3.05, 3.63) is 29.3 Å². The summed E-state index contributed by atoms with van der Waals surface area (Å²) in [7, 11) is 5.06. The maximum Gasteiger partial charge on any atom is 0.241 e. The standard InChI is InChI=1S/C13H20N2O2/c1-5-9-8-10(6-7-11(9)17-4)12(14-2)13(16)15-3/h6-8,12,14H,5H2,1-4H3,(H,15,16). The van der Waals surface area contributed by atoms with E-state index in [-0.39, 0.29) is 11.9 Å². The molecule has 0 aliphatic carbocycles. The monoisotopic (exact) mass is 236 g/mol. The molecule has 1 unspecified atom stereocenters. The number of nitrogens with one attached hydrogen (secondary N) is 2. The van der Waals surface area contributed by atoms with E-state index in [9.17, 15) is 4.79 Å². The zero-order valence-electron chi connectivity index (χ0n) is 10.8. The van der Waals surface area contributed by atoms with Gasteiger partial charge in [-0.05, 0) is 30.7 Å². The number of ether oxygens (including phenoxy) is 1. The third-order valence-corrected chi connectivity index (χ3v) is 2.82. The summed E-state index contributed by atoms with van der Waals surface area (Å²) in [5.74, 6) is 0.822. The second kappa shape index (κ2) is 6.25. The highest BCUT2D eigenvalue weighted by molar-refractivity contribution is 5.83. The van der Waals surface area contributed by atoms with Gasteiger partial charge >= 0.3 is 0 Å². The number of rotatable bonds is 5. The molecule has 1 atom stereocenters. The molecule has 0 saturated carbocycles. The van der Waals surface area contributed by atoms with Gasteiger partial charge in [0.05, 0.1) is 7.11 Å². The number of methoxy groups -OCH3 is 1. The topological polar surface area (TPSA) is 50.4 Å². The number of likely N-dealkylation sites (N-methyl/N-ethyl adjacent to an activating group) is 2. The number of benzene rings is 1. The van der Waals surface area contributed by atoms with Crippen LogP contribution in [0, 0.1) is 0 Å². The average molecular weight is 236 g/mol. The van der Waals surface area contributed by atoms with Crippen molar-refractivity contribution in [2.75, 3.05) is 21.2 Å². The highest BCUT2D eigenvalue weighted by Crippen LogP contribution is 2.23. The summed E-state index contributed by atoms with van der Waals surface area (Å²) in [6.07, 6.45) is 0.876. The Labute approximate surface area is 102 Å². The molecule has 0 spiro atoms. The van der Waals surface area contributed by atoms with Crippen molar-refractivity contribution in [2.24, 2.45) is 0 Å². The summed E-state index contributed by atoms with van der Waals surface area (Å²) in [5, 5.41) is 5.65. The predicted molar refractivity (Wildman–Crippen MR) is 68.2 cm³/mol. The highest BCUT2D eigenvalue weighted by atomic mass is 16.5. The van der Waals surface area contributed by atoms with E-state index in [1.54, 1.807) is 21.2 Å². The molecule has 2 N–H and O–H groups in total. The molecule has 0 fully saturated rings. The van der Waals surface area contributed by atoms with Gasteiger partial charge in [-0.15, -0.1) is 0 Å². The maximum absolute atomic E-state index is 11.7. The molecule has 0 aliphatic rings. The van der Waals surface area contributed by atoms with E-state index in [0.29, 0.717) is 0 Å². The molecule has 1 amide bonds. The molecule has 1 rings (SSSR count). The lowest BCUT2D eigenvalue weighted by Gasteiger charge is -2.17. The normalized spacial score (nSPS) is 12.0. The molecule has 17 heavy (non-hydrogen) atoms. The van der Waals surface area contributed by atoms with Crippen LogP contribution in [0.4, 0.5) is 0 Å². The van der Waals surface area contributed by atoms with Gasteiger partial charge in [-0.1, -0.05) is 19.1 Å². The van der Waals surface area contributed by atoms with E-state index in [4.69, 9.17) is 4.74 Å². The molecule has 4 nitrogen and oxygen atoms in total. The highest BCUT2D eigenvalue weighted by Gasteiger charge is 2.18. The van der Waals surface area contributed by atoms with Gasteiger partial charge in [0.25, 0.3) is 0 Å². The first-order valence-corrected chi connectivity index (χ1v) is 5.73. The zero-order chi connectivity index (χ0) is 12.8. The largest absolute Gasteiger partial charge is 0.496 e. The molecule has 0 aromatic heterocycles. The number of aryl methyl sites for hydroxylation is 1. The Balaban J connectivity index is 3.09. The molecule has 0 aliphatic heterocycles. The Hall–Kier alpha value is -1.55. The summed E-state index contributed by atoms with van der Waals surface area (Å²) in [6, 6.07) is 5.50. The lowest BCUT2D eigenvalue weighted by atomic mass is 10.0. The Morgan fingerprint density at radius 2 is 2.12 bits per heavy atom. The van der Waals surface area contributed by atoms with Crippen molar-refractivity contribution >= 4 is 5.91 Å². The minimum Gasteiger partial charge on any atom is -0.496 e. The van der Waals surface area contributed by atoms with Gasteiger partial charge in [-0.3, -0.25) is 4.79 Å². The molecule has 1 aromatic rings. The van der Waals surface area contributed by atoms with Crippen LogP contribution < -0.4 is 15.4 Å². The first-order valence-electron chi connectivity index (χ1n) is 5.73. The lowest BCUT2D eigenvalue weighted by molar-refractivity contribution is -0.122. The minimum atomic E-state index is -0.323. The average Bonchev–Trinajstić information content (AvgIpc) is 2.38. The van der Waals surface area contributed by atoms with Crippen molar-refractivity contribution in [2.45, 2.75) is 19.4 Å². The fourth-order valence-electron chi connectivity index (χ4n) is 1.85. The Kier molecular flexibility index (Phi) is 4.97. The maximum atomic E-state index is 11.7. The SMILES string of the molecule is CCc1cc(C(NC)C(=O)NC)ccc1OC. The third kappa shape index (κ3) is 2.97. The quantitative estimate of drug-likeness (QED) is 0.809. The second-order valence-electron chi connectivity index (χ2n) is 3.76. The number of carbonyl (C=O) groups excluding carboxylic acids is 1. The van der Waals surface area contributed by atoms with Crippen LogP contribution in [-0.2, 0) is 11.2 Å². The van der Waals surface area contributed by atoms with Crippen molar-refractivity contribution in [1.29, 1.82) is 0 Å². The van der Waals surface area contributed by atoms with Crippen LogP contribution in [0.5, 0.6) is 5.75 Å². The molecule has 0 heterocycles. The molecule has 0 bridgehead atoms. The van der Waals surface area contributed by atoms with E-state index < -0.39 is 0 Å². The number of amides is 1. The fourth-order valence-corrected chi connectivity index (χ4v) is 1.85. The van der Waals surface area contributed by atoms with E-state index in [1.807, 2.05) is 18.2 Å². The molecule has 1 aromatic carbocycles. The van der Waals surface area contributed by atoms with Gasteiger partial charge in [0.2, 0.25) is 5.91 Å². The van der Waals surface area contributed by atoms with E-state index in [2.05, 4.69) is 17.6 Å². The van der Waals surface area contributed by atoms with Crippen molar-refractivity contribution in [3.63, 3.8) is 0 Å². The summed E-state index contributed by atoms with van der Waals surface area (Å²) in [5.41, 5.74) is 2.05. The summed E-state index contributed by atoms with van der Waals surface area (Å²) in [4.78, 5) is 11.7. The van der Waals surface area contributed by atoms with Crippen LogP contribution in [0.15, 0.2) is 18.2 Å². The summed E-state index contributed by atoms with van der Waals surface area (Å²) >= 11 is 0. The van der Waals surface area contributed by atoms with Gasteiger partial charge in [0, 0.05) is 7.05 Å². The van der Waals surface area contributed by atoms with Gasteiger partial charge in [0.15, 0.2) is 0 Å². The van der Waals surface area contributed by atoms with Crippen LogP contribution in [0.3, 0.4) is 0 Å². The van der Waals surface area contributed by atoms with Gasteiger partial charge in [-0.2, -0.15) is 0 Å². The van der Waals surface area contributed by atoms with Crippen LogP contribution in [0.25, 0.3) is 0 Å². The van der Waals surface area contributed by atoms with Crippen LogP contribution in [0.2, 0.25) is 0 Å². The van der Waals surface area contributed by atoms with Crippen molar-refractivity contribution < 1.29 is 9.53 Å². The van der Waals surface area contributed by atoms with Crippen LogP contribution >= 0.6 is 0 Å². The molecule has 0 radical (unpaired) electrons. The van der Waals surface area contributed by atoms with Crippen LogP contribution in [0.1, 0.15) is 24.1 Å². The van der Waals surface area contributed by atoms with E-state index >= 15 is 0 Å². The van der Waals surface area contributed by atoms with E-state index in [1.165, 1.54) is 0 Å². The molecule has 4 heteroatoms. The fraction of sp³-hybridized carbons (Fsp3) is 0.462. The summed E-state index contributed by atoms with van der Waals surface area (Å²) < 4.78 is 5.27. The number of carbonyl (C=O) groups is 1. The minimum absolute atomic E-state index is 0.0419. The Morgan fingerprint density at radius 1 is 1.41 bits per heavy atom. The first kappa shape index (κ1) is 13.5. The van der Waals surface area contributed by atoms with Gasteiger partial charge in [0.1, 0.15) is 11.8 Å². The molecule has 94 valence electrons. The van der Waals surface area contributed by atoms with Crippen molar-refractivity contribution in [1.82, 2.24) is 10.6 Å². The predicted octanol–water partition coefficient (Wildman–Crippen LogP) is 1.26. The Morgan fingerprint density at radius 3 is 2.59 bits per heavy atom. The van der Waals surface area contributed by atoms with Gasteiger partial charge in [-0.25, -0.2) is 0 Å². The molecular formula is C13H20N2O2. The smallest absolute Gasteiger partial charge is 0.241 e. The second-order valence-corrected chi connectivity index (χ2v) is 3.76. The number of hydrogen-bond acceptors (Lipinski definition) is 3. The third-order valence-electron chi connectivity index (χ3n) is 2.82. The Bertz CT molecular complexity index is 391. The zero-order valence-corrected chi connectivity index (χ0v) is 10.8. The molecule has 0 saturated heterocycles. The number of hydrogen-bond donors (Lipinski definition) is 2. The van der Waals surface area contributed by atoms with Crippen molar-refractivity contribution in [3.8, 4) is 5.75 Å².